The van der Waals surface area contributed by atoms with Crippen LogP contribution < -0.4 is 21.3 Å². The fourth-order valence-electron chi connectivity index (χ4n) is 3.98. The lowest BCUT2D eigenvalue weighted by atomic mass is 9.80. The van der Waals surface area contributed by atoms with E-state index in [9.17, 15) is 9.59 Å². The van der Waals surface area contributed by atoms with Gasteiger partial charge < -0.3 is 26.0 Å². The van der Waals surface area contributed by atoms with Gasteiger partial charge in [-0.15, -0.1) is 11.8 Å². The van der Waals surface area contributed by atoms with Crippen molar-refractivity contribution in [2.24, 2.45) is 11.1 Å². The molecule has 0 spiro atoms. The number of aromatic nitrogens is 2. The quantitative estimate of drug-likeness (QED) is 0.140. The number of nitrogens with two attached hydrogens (primary N) is 1. The molecule has 206 valence electrons. The predicted octanol–water partition coefficient (Wildman–Crippen LogP) is 4.45. The summed E-state index contributed by atoms with van der Waals surface area (Å²) in [7, 11) is 0. The third-order valence-electron chi connectivity index (χ3n) is 6.27. The molecule has 2 amide bonds. The first-order valence-electron chi connectivity index (χ1n) is 12.9. The summed E-state index contributed by atoms with van der Waals surface area (Å²) < 4.78 is 5.26. The zero-order valence-corrected chi connectivity index (χ0v) is 25.0. The minimum atomic E-state index is -0.450. The molecular weight excluding hydrogens is 556 g/mol. The van der Waals surface area contributed by atoms with Crippen LogP contribution in [-0.2, 0) is 9.53 Å². The van der Waals surface area contributed by atoms with Crippen LogP contribution in [0, 0.1) is 5.41 Å². The van der Waals surface area contributed by atoms with Crippen molar-refractivity contribution in [1.29, 1.82) is 0 Å². The van der Waals surface area contributed by atoms with Crippen LogP contribution in [0.4, 0.5) is 10.7 Å². The number of halogens is 1. The lowest BCUT2D eigenvalue weighted by Crippen LogP contribution is -2.44. The Morgan fingerprint density at radius 3 is 2.43 bits per heavy atom. The summed E-state index contributed by atoms with van der Waals surface area (Å²) in [5, 5.41) is 5.55. The molecule has 2 rings (SSSR count). The van der Waals surface area contributed by atoms with Gasteiger partial charge in [-0.1, -0.05) is 22.9 Å². The molecule has 1 aromatic heterocycles. The normalized spacial score (nSPS) is 17.0. The van der Waals surface area contributed by atoms with E-state index in [0.29, 0.717) is 63.0 Å². The van der Waals surface area contributed by atoms with Crippen LogP contribution in [0.5, 0.6) is 0 Å². The minimum Gasteiger partial charge on any atom is -0.466 e. The topological polar surface area (TPSA) is 122 Å². The molecule has 0 radical (unpaired) electrons. The van der Waals surface area contributed by atoms with Crippen LogP contribution in [0.1, 0.15) is 59.4 Å². The average molecular weight is 598 g/mol. The molecule has 1 atom stereocenters. The number of thioether (sulfide) groups is 1. The van der Waals surface area contributed by atoms with E-state index in [-0.39, 0.29) is 16.8 Å². The number of allylic oxidation sites excluding steroid dienone is 3. The van der Waals surface area contributed by atoms with Crippen molar-refractivity contribution in [2.75, 3.05) is 43.4 Å². The third kappa shape index (κ3) is 9.21. The van der Waals surface area contributed by atoms with Crippen molar-refractivity contribution >= 4 is 51.2 Å². The summed E-state index contributed by atoms with van der Waals surface area (Å²) in [6.45, 7) is 12.8. The number of nitrogens with zero attached hydrogens (tertiary/aromatic N) is 3. The van der Waals surface area contributed by atoms with Gasteiger partial charge in [-0.25, -0.2) is 14.8 Å². The van der Waals surface area contributed by atoms with E-state index in [0.717, 1.165) is 22.5 Å². The molecule has 2 heterocycles. The molecule has 0 aromatic carbocycles. The van der Waals surface area contributed by atoms with Gasteiger partial charge in [-0.2, -0.15) is 0 Å². The van der Waals surface area contributed by atoms with Crippen molar-refractivity contribution in [3.05, 3.63) is 34.6 Å². The molecule has 1 aliphatic rings. The number of rotatable bonds is 12. The van der Waals surface area contributed by atoms with Crippen LogP contribution >= 0.6 is 27.7 Å². The third-order valence-corrected chi connectivity index (χ3v) is 8.34. The highest BCUT2D eigenvalue weighted by molar-refractivity contribution is 9.09. The molecule has 1 unspecified atom stereocenters. The number of ether oxygens (including phenoxy) is 1. The van der Waals surface area contributed by atoms with E-state index in [2.05, 4.69) is 48.4 Å². The smallest absolute Gasteiger partial charge is 0.314 e. The number of carbonyl (C=O) groups is 2. The van der Waals surface area contributed by atoms with Crippen molar-refractivity contribution in [3.8, 4) is 0 Å². The Morgan fingerprint density at radius 2 is 1.89 bits per heavy atom. The van der Waals surface area contributed by atoms with Crippen molar-refractivity contribution in [2.45, 2.75) is 58.7 Å². The number of amides is 2. The lowest BCUT2D eigenvalue weighted by Gasteiger charge is -2.37. The van der Waals surface area contributed by atoms with Crippen LogP contribution in [-0.4, -0.2) is 65.3 Å². The summed E-state index contributed by atoms with van der Waals surface area (Å²) in [6.07, 6.45) is 7.86. The molecule has 1 fully saturated rings. The van der Waals surface area contributed by atoms with E-state index in [4.69, 9.17) is 10.5 Å². The summed E-state index contributed by atoms with van der Waals surface area (Å²) in [5.74, 6) is 1.25. The van der Waals surface area contributed by atoms with Gasteiger partial charge in [0.15, 0.2) is 0 Å². The van der Waals surface area contributed by atoms with Crippen LogP contribution in [0.3, 0.4) is 0 Å². The van der Waals surface area contributed by atoms with Gasteiger partial charge in [0.1, 0.15) is 0 Å². The van der Waals surface area contributed by atoms with Gasteiger partial charge in [0, 0.05) is 65.3 Å². The number of carbonyl (C=O) groups excluding carboxylic acids is 2. The summed E-state index contributed by atoms with van der Waals surface area (Å²) in [5.41, 5.74) is 8.71. The summed E-state index contributed by atoms with van der Waals surface area (Å²) in [4.78, 5) is 36.3. The fraction of sp³-hybridized carbons (Fsp3) is 0.615. The maximum Gasteiger partial charge on any atom is 0.314 e. The first-order chi connectivity index (χ1) is 17.6. The van der Waals surface area contributed by atoms with Crippen molar-refractivity contribution < 1.29 is 14.3 Å². The molecule has 9 nitrogen and oxygen atoms in total. The SMILES string of the molecule is CCNC(=O)NCCS/C(=C(N)/C=C(\CC)c1cnc(N2CCC(C)(C(=O)OCC)CC2)nc1)C(C)Br. The Labute approximate surface area is 233 Å². The van der Waals surface area contributed by atoms with Crippen molar-refractivity contribution in [1.82, 2.24) is 20.6 Å². The second-order valence-corrected chi connectivity index (χ2v) is 11.6. The second-order valence-electron chi connectivity index (χ2n) is 9.13. The molecule has 1 aliphatic heterocycles. The van der Waals surface area contributed by atoms with E-state index in [1.807, 2.05) is 46.2 Å². The number of anilines is 1. The van der Waals surface area contributed by atoms with Crippen LogP contribution in [0.15, 0.2) is 29.1 Å². The summed E-state index contributed by atoms with van der Waals surface area (Å²) >= 11 is 5.27. The Kier molecular flexibility index (Phi) is 12.7. The zero-order chi connectivity index (χ0) is 27.4. The fourth-order valence-corrected chi connectivity index (χ4v) is 5.52. The standard InChI is InChI=1S/C26H41BrN6O3S/c1-6-19(15-21(28)22(18(4)27)37-14-11-30-25(35)29-7-2)20-16-31-24(32-17-20)33-12-9-26(5,10-13-33)23(34)36-8-3/h15-18H,6-14,28H2,1-5H3,(H2,29,30,35)/b19-15+,22-21-. The highest BCUT2D eigenvalue weighted by Gasteiger charge is 2.38. The molecule has 4 N–H and O–H groups in total. The van der Waals surface area contributed by atoms with Crippen molar-refractivity contribution in [3.63, 3.8) is 0 Å². The molecule has 1 saturated heterocycles. The first-order valence-corrected chi connectivity index (χ1v) is 14.8. The summed E-state index contributed by atoms with van der Waals surface area (Å²) in [6, 6.07) is -0.164. The van der Waals surface area contributed by atoms with E-state index >= 15 is 0 Å². The number of alkyl halides is 1. The zero-order valence-electron chi connectivity index (χ0n) is 22.6. The average Bonchev–Trinajstić information content (AvgIpc) is 2.87. The maximum absolute atomic E-state index is 12.3. The number of hydrogen-bond donors (Lipinski definition) is 3. The van der Waals surface area contributed by atoms with Gasteiger partial charge in [-0.05, 0) is 58.6 Å². The number of nitrogens with one attached hydrogen (secondary N) is 2. The van der Waals surface area contributed by atoms with E-state index in [1.54, 1.807) is 11.8 Å². The maximum atomic E-state index is 12.3. The largest absolute Gasteiger partial charge is 0.466 e. The highest BCUT2D eigenvalue weighted by Crippen LogP contribution is 2.34. The molecule has 37 heavy (non-hydrogen) atoms. The molecular formula is C26H41BrN6O3S. The first kappa shape index (κ1) is 31.0. The molecule has 0 saturated carbocycles. The van der Waals surface area contributed by atoms with Gasteiger partial charge >= 0.3 is 12.0 Å². The predicted molar refractivity (Wildman–Crippen MR) is 156 cm³/mol. The number of hydrogen-bond acceptors (Lipinski definition) is 8. The van der Waals surface area contributed by atoms with E-state index in [1.165, 1.54) is 0 Å². The van der Waals surface area contributed by atoms with Crippen LogP contribution in [0.2, 0.25) is 0 Å². The second kappa shape index (κ2) is 15.2. The van der Waals surface area contributed by atoms with Gasteiger partial charge in [0.2, 0.25) is 5.95 Å². The Balaban J connectivity index is 2.07. The number of piperidine rings is 1. The lowest BCUT2D eigenvalue weighted by molar-refractivity contribution is -0.155. The van der Waals surface area contributed by atoms with Gasteiger partial charge in [-0.3, -0.25) is 4.79 Å². The molecule has 0 bridgehead atoms. The number of esters is 1. The Hall–Kier alpha value is -2.27. The highest BCUT2D eigenvalue weighted by atomic mass is 79.9. The van der Waals surface area contributed by atoms with E-state index < -0.39 is 5.41 Å². The Bertz CT molecular complexity index is 960. The van der Waals surface area contributed by atoms with Gasteiger partial charge in [0.25, 0.3) is 0 Å². The Morgan fingerprint density at radius 1 is 1.24 bits per heavy atom. The van der Waals surface area contributed by atoms with Crippen LogP contribution in [0.25, 0.3) is 5.57 Å². The van der Waals surface area contributed by atoms with Gasteiger partial charge in [0.05, 0.1) is 12.0 Å². The molecule has 11 heteroatoms. The monoisotopic (exact) mass is 596 g/mol. The molecule has 1 aromatic rings. The number of urea groups is 1. The minimum absolute atomic E-state index is 0.0781. The molecule has 0 aliphatic carbocycles.